The third kappa shape index (κ3) is 5.90. The van der Waals surface area contributed by atoms with E-state index < -0.39 is 17.7 Å². The van der Waals surface area contributed by atoms with Crippen molar-refractivity contribution in [2.45, 2.75) is 77.2 Å². The Morgan fingerprint density at radius 2 is 1.79 bits per heavy atom. The third-order valence-corrected chi connectivity index (χ3v) is 6.87. The minimum atomic E-state index is -0.642. The molecule has 3 aliphatic heterocycles. The number of rotatable bonds is 4. The summed E-state index contributed by atoms with van der Waals surface area (Å²) in [5.41, 5.74) is 1.49. The van der Waals surface area contributed by atoms with Crippen molar-refractivity contribution >= 4 is 17.9 Å². The zero-order valence-electron chi connectivity index (χ0n) is 20.5. The van der Waals surface area contributed by atoms with E-state index in [0.717, 1.165) is 30.6 Å². The number of fused-ring (bicyclic) bond motifs is 1. The molecule has 0 spiro atoms. The van der Waals surface area contributed by atoms with Gasteiger partial charge in [-0.15, -0.1) is 0 Å². The van der Waals surface area contributed by atoms with Crippen LogP contribution in [-0.4, -0.2) is 71.7 Å². The summed E-state index contributed by atoms with van der Waals surface area (Å²) in [7, 11) is 0. The Balaban J connectivity index is 1.38. The van der Waals surface area contributed by atoms with Gasteiger partial charge >= 0.3 is 6.09 Å². The molecule has 186 valence electrons. The van der Waals surface area contributed by atoms with Crippen LogP contribution in [0.4, 0.5) is 4.79 Å². The summed E-state index contributed by atoms with van der Waals surface area (Å²) < 4.78 is 11.2. The van der Waals surface area contributed by atoms with Gasteiger partial charge in [-0.2, -0.15) is 0 Å². The van der Waals surface area contributed by atoms with Crippen LogP contribution in [0, 0.1) is 5.92 Å². The largest absolute Gasteiger partial charge is 0.444 e. The molecule has 4 rings (SSSR count). The molecule has 3 aliphatic rings. The first-order valence-corrected chi connectivity index (χ1v) is 12.5. The van der Waals surface area contributed by atoms with E-state index in [4.69, 9.17) is 9.47 Å². The second kappa shape index (κ2) is 10.3. The maximum absolute atomic E-state index is 13.6. The number of benzene rings is 1. The van der Waals surface area contributed by atoms with E-state index in [-0.39, 0.29) is 23.8 Å². The molecule has 1 aromatic rings. The summed E-state index contributed by atoms with van der Waals surface area (Å²) >= 11 is 0. The Morgan fingerprint density at radius 3 is 2.44 bits per heavy atom. The van der Waals surface area contributed by atoms with Crippen LogP contribution in [0.3, 0.4) is 0 Å². The maximum atomic E-state index is 13.6. The van der Waals surface area contributed by atoms with Gasteiger partial charge in [-0.05, 0) is 57.6 Å². The van der Waals surface area contributed by atoms with Gasteiger partial charge in [0.15, 0.2) is 0 Å². The highest BCUT2D eigenvalue weighted by Crippen LogP contribution is 2.28. The summed E-state index contributed by atoms with van der Waals surface area (Å²) in [5, 5.41) is 3.02. The van der Waals surface area contributed by atoms with Crippen LogP contribution in [0.25, 0.3) is 0 Å². The number of hydrogen-bond donors (Lipinski definition) is 1. The predicted molar refractivity (Wildman–Crippen MR) is 127 cm³/mol. The molecule has 0 radical (unpaired) electrons. The molecule has 0 aliphatic carbocycles. The Labute approximate surface area is 201 Å². The van der Waals surface area contributed by atoms with Gasteiger partial charge in [-0.1, -0.05) is 24.3 Å². The molecule has 3 amide bonds. The minimum absolute atomic E-state index is 0.0459. The van der Waals surface area contributed by atoms with Crippen LogP contribution in [-0.2, 0) is 32.0 Å². The van der Waals surface area contributed by atoms with Crippen molar-refractivity contribution in [2.75, 3.05) is 26.2 Å². The molecule has 8 heteroatoms. The van der Waals surface area contributed by atoms with Crippen molar-refractivity contribution in [3.05, 3.63) is 35.4 Å². The fraction of sp³-hybridized carbons (Fsp3) is 0.654. The molecule has 2 saturated heterocycles. The van der Waals surface area contributed by atoms with Crippen molar-refractivity contribution in [3.63, 3.8) is 0 Å². The SMILES string of the molecule is CC(C)(C)OC(=O)N1Cc2ccccc2C[C@H]1C(=O)N1CCC(C(=O)NC[C@H]2CCCO2)CC1. The second-order valence-corrected chi connectivity index (χ2v) is 10.6. The topological polar surface area (TPSA) is 88.2 Å². The predicted octanol–water partition coefficient (Wildman–Crippen LogP) is 2.88. The first-order valence-electron chi connectivity index (χ1n) is 12.5. The molecule has 0 unspecified atom stereocenters. The van der Waals surface area contributed by atoms with Crippen LogP contribution >= 0.6 is 0 Å². The highest BCUT2D eigenvalue weighted by molar-refractivity contribution is 5.87. The smallest absolute Gasteiger partial charge is 0.411 e. The standard InChI is InChI=1S/C26H37N3O5/c1-26(2,3)34-25(32)29-17-20-8-5-4-7-19(20)15-22(29)24(31)28-12-10-18(11-13-28)23(30)27-16-21-9-6-14-33-21/h4-5,7-8,18,21-22H,6,9-17H2,1-3H3,(H,27,30)/t21-,22+/m1/s1. The third-order valence-electron chi connectivity index (χ3n) is 6.87. The highest BCUT2D eigenvalue weighted by Gasteiger charge is 2.40. The van der Waals surface area contributed by atoms with Gasteiger partial charge in [0.2, 0.25) is 11.8 Å². The summed E-state index contributed by atoms with van der Waals surface area (Å²) in [6, 6.07) is 7.32. The molecular weight excluding hydrogens is 434 g/mol. The van der Waals surface area contributed by atoms with Crippen molar-refractivity contribution < 1.29 is 23.9 Å². The molecule has 2 fully saturated rings. The minimum Gasteiger partial charge on any atom is -0.444 e. The molecule has 8 nitrogen and oxygen atoms in total. The second-order valence-electron chi connectivity index (χ2n) is 10.6. The van der Waals surface area contributed by atoms with Crippen LogP contribution in [0.5, 0.6) is 0 Å². The number of likely N-dealkylation sites (tertiary alicyclic amines) is 1. The molecule has 0 bridgehead atoms. The Kier molecular flexibility index (Phi) is 7.45. The molecule has 34 heavy (non-hydrogen) atoms. The van der Waals surface area contributed by atoms with Gasteiger partial charge in [-0.25, -0.2) is 4.79 Å². The number of carbonyl (C=O) groups is 3. The van der Waals surface area contributed by atoms with Crippen molar-refractivity contribution in [3.8, 4) is 0 Å². The zero-order valence-corrected chi connectivity index (χ0v) is 20.5. The molecule has 1 N–H and O–H groups in total. The lowest BCUT2D eigenvalue weighted by molar-refractivity contribution is -0.140. The van der Waals surface area contributed by atoms with Gasteiger partial charge in [0.25, 0.3) is 0 Å². The van der Waals surface area contributed by atoms with Crippen LogP contribution in [0.1, 0.15) is 57.6 Å². The lowest BCUT2D eigenvalue weighted by atomic mass is 9.91. The molecule has 1 aromatic carbocycles. The fourth-order valence-corrected chi connectivity index (χ4v) is 4.99. The van der Waals surface area contributed by atoms with E-state index in [9.17, 15) is 14.4 Å². The number of nitrogens with zero attached hydrogens (tertiary/aromatic N) is 2. The Morgan fingerprint density at radius 1 is 1.09 bits per heavy atom. The normalized spacial score (nSPS) is 23.4. The number of nitrogens with one attached hydrogen (secondary N) is 1. The summed E-state index contributed by atoms with van der Waals surface area (Å²) in [6.45, 7) is 8.19. The number of amides is 3. The lowest BCUT2D eigenvalue weighted by Gasteiger charge is -2.40. The quantitative estimate of drug-likeness (QED) is 0.730. The van der Waals surface area contributed by atoms with E-state index in [1.165, 1.54) is 0 Å². The van der Waals surface area contributed by atoms with E-state index in [1.54, 1.807) is 9.80 Å². The molecule has 0 aromatic heterocycles. The van der Waals surface area contributed by atoms with Crippen LogP contribution in [0.2, 0.25) is 0 Å². The number of ether oxygens (including phenoxy) is 2. The highest BCUT2D eigenvalue weighted by atomic mass is 16.6. The fourth-order valence-electron chi connectivity index (χ4n) is 4.99. The van der Waals surface area contributed by atoms with E-state index in [2.05, 4.69) is 5.32 Å². The number of hydrogen-bond acceptors (Lipinski definition) is 5. The van der Waals surface area contributed by atoms with Gasteiger partial charge in [0, 0.05) is 38.6 Å². The first-order chi connectivity index (χ1) is 16.2. The van der Waals surface area contributed by atoms with Crippen LogP contribution < -0.4 is 5.32 Å². The molecule has 0 saturated carbocycles. The van der Waals surface area contributed by atoms with E-state index >= 15 is 0 Å². The average Bonchev–Trinajstić information content (AvgIpc) is 3.34. The van der Waals surface area contributed by atoms with Gasteiger partial charge in [-0.3, -0.25) is 14.5 Å². The average molecular weight is 472 g/mol. The Hall–Kier alpha value is -2.61. The van der Waals surface area contributed by atoms with Gasteiger partial charge in [0.1, 0.15) is 11.6 Å². The summed E-state index contributed by atoms with van der Waals surface area (Å²) in [5.74, 6) is -0.123. The number of carbonyl (C=O) groups excluding carboxylic acids is 3. The summed E-state index contributed by atoms with van der Waals surface area (Å²) in [4.78, 5) is 42.6. The number of piperidine rings is 1. The van der Waals surface area contributed by atoms with Gasteiger partial charge < -0.3 is 19.7 Å². The zero-order chi connectivity index (χ0) is 24.3. The molecule has 2 atom stereocenters. The van der Waals surface area contributed by atoms with Crippen molar-refractivity contribution in [1.29, 1.82) is 0 Å². The monoisotopic (exact) mass is 471 g/mol. The van der Waals surface area contributed by atoms with E-state index in [0.29, 0.717) is 45.4 Å². The Bertz CT molecular complexity index is 898. The molecular formula is C26H37N3O5. The summed E-state index contributed by atoms with van der Waals surface area (Å²) in [6.07, 6.45) is 3.41. The first kappa shape index (κ1) is 24.5. The van der Waals surface area contributed by atoms with Crippen LogP contribution in [0.15, 0.2) is 24.3 Å². The van der Waals surface area contributed by atoms with Crippen molar-refractivity contribution in [1.82, 2.24) is 15.1 Å². The van der Waals surface area contributed by atoms with Crippen molar-refractivity contribution in [2.24, 2.45) is 5.92 Å². The molecule has 3 heterocycles. The lowest BCUT2D eigenvalue weighted by Crippen LogP contribution is -2.56. The van der Waals surface area contributed by atoms with Gasteiger partial charge in [0.05, 0.1) is 12.6 Å². The maximum Gasteiger partial charge on any atom is 0.411 e. The van der Waals surface area contributed by atoms with E-state index in [1.807, 2.05) is 45.0 Å².